The molecule has 1 atom stereocenters. The van der Waals surface area contributed by atoms with Crippen LogP contribution >= 0.6 is 23.4 Å². The molecule has 0 fully saturated rings. The minimum Gasteiger partial charge on any atom is -0.493 e. The molecule has 1 N–H and O–H groups in total. The molecule has 0 aliphatic carbocycles. The average Bonchev–Trinajstić information content (AvgIpc) is 3.19. The Kier molecular flexibility index (Phi) is 8.19. The summed E-state index contributed by atoms with van der Waals surface area (Å²) in [6.45, 7) is 6.56. The van der Waals surface area contributed by atoms with E-state index in [0.717, 1.165) is 11.1 Å². The van der Waals surface area contributed by atoms with Crippen LogP contribution in [-0.4, -0.2) is 40.1 Å². The summed E-state index contributed by atoms with van der Waals surface area (Å²) in [5.74, 6) is 1.85. The number of ether oxygens (including phenoxy) is 2. The quantitative estimate of drug-likeness (QED) is 0.343. The van der Waals surface area contributed by atoms with Gasteiger partial charge < -0.3 is 14.8 Å². The molecular weight excluding hydrogens is 448 g/mol. The number of amides is 1. The fourth-order valence-corrected chi connectivity index (χ4v) is 4.03. The Morgan fingerprint density at radius 1 is 1.19 bits per heavy atom. The van der Waals surface area contributed by atoms with Crippen molar-refractivity contribution in [1.29, 1.82) is 0 Å². The molecule has 1 heterocycles. The average molecular weight is 473 g/mol. The Morgan fingerprint density at radius 3 is 2.56 bits per heavy atom. The molecule has 0 aliphatic rings. The number of benzene rings is 2. The van der Waals surface area contributed by atoms with Crippen molar-refractivity contribution in [3.8, 4) is 22.9 Å². The molecule has 2 aromatic carbocycles. The summed E-state index contributed by atoms with van der Waals surface area (Å²) in [7, 11) is 3.16. The van der Waals surface area contributed by atoms with Crippen molar-refractivity contribution in [3.63, 3.8) is 0 Å². The Hall–Kier alpha value is -2.97. The van der Waals surface area contributed by atoms with Crippen LogP contribution in [0.15, 0.2) is 60.3 Å². The van der Waals surface area contributed by atoms with Crippen LogP contribution in [0.3, 0.4) is 0 Å². The number of hydrogen-bond acceptors (Lipinski definition) is 6. The molecule has 1 amide bonds. The van der Waals surface area contributed by atoms with Gasteiger partial charge in [-0.3, -0.25) is 9.36 Å². The minimum atomic E-state index is -0.374. The van der Waals surface area contributed by atoms with E-state index < -0.39 is 0 Å². The van der Waals surface area contributed by atoms with Gasteiger partial charge in [-0.1, -0.05) is 35.5 Å². The number of nitrogens with zero attached hydrogens (tertiary/aromatic N) is 3. The van der Waals surface area contributed by atoms with Gasteiger partial charge in [0.05, 0.1) is 19.5 Å². The van der Waals surface area contributed by atoms with Gasteiger partial charge in [-0.2, -0.15) is 0 Å². The van der Waals surface area contributed by atoms with Crippen LogP contribution in [0.4, 0.5) is 0 Å². The summed E-state index contributed by atoms with van der Waals surface area (Å²) in [6.07, 6.45) is 1.77. The number of methoxy groups -OCH3 is 2. The first kappa shape index (κ1) is 23.7. The van der Waals surface area contributed by atoms with E-state index >= 15 is 0 Å². The maximum absolute atomic E-state index is 12.7. The second-order valence-corrected chi connectivity index (χ2v) is 8.62. The Bertz CT molecular complexity index is 1090. The molecule has 1 unspecified atom stereocenters. The second-order valence-electron chi connectivity index (χ2n) is 6.88. The summed E-state index contributed by atoms with van der Waals surface area (Å²) in [5, 5.41) is 12.5. The fourth-order valence-electron chi connectivity index (χ4n) is 3.02. The minimum absolute atomic E-state index is 0.106. The number of allylic oxidation sites excluding steroid dienone is 1. The molecule has 0 spiro atoms. The number of halogens is 1. The third-order valence-electron chi connectivity index (χ3n) is 4.70. The highest BCUT2D eigenvalue weighted by atomic mass is 35.5. The van der Waals surface area contributed by atoms with Crippen LogP contribution < -0.4 is 14.8 Å². The third-order valence-corrected chi connectivity index (χ3v) is 6.03. The van der Waals surface area contributed by atoms with E-state index in [9.17, 15) is 4.79 Å². The first-order chi connectivity index (χ1) is 15.5. The molecule has 9 heteroatoms. The molecule has 3 aromatic rings. The van der Waals surface area contributed by atoms with Crippen molar-refractivity contribution in [2.45, 2.75) is 30.4 Å². The molecule has 0 aliphatic heterocycles. The Balaban J connectivity index is 1.68. The van der Waals surface area contributed by atoms with Gasteiger partial charge in [-0.15, -0.1) is 16.8 Å². The van der Waals surface area contributed by atoms with Crippen molar-refractivity contribution in [2.75, 3.05) is 14.2 Å². The monoisotopic (exact) mass is 472 g/mol. The highest BCUT2D eigenvalue weighted by Crippen LogP contribution is 2.29. The van der Waals surface area contributed by atoms with Gasteiger partial charge in [0.15, 0.2) is 22.5 Å². The molecular formula is C23H25ClN4O3S. The fraction of sp³-hybridized carbons (Fsp3) is 0.261. The standard InChI is InChI=1S/C23H25ClN4O3S/c1-5-12-28-21(17-7-9-18(24)10-8-17)26-27-23(28)32-15(2)22(29)25-14-16-6-11-19(30-3)20(13-16)31-4/h5-11,13,15H,1,12,14H2,2-4H3,(H,25,29). The third kappa shape index (κ3) is 5.63. The maximum atomic E-state index is 12.7. The van der Waals surface area contributed by atoms with E-state index in [2.05, 4.69) is 22.1 Å². The number of thioether (sulfide) groups is 1. The molecule has 1 aromatic heterocycles. The summed E-state index contributed by atoms with van der Waals surface area (Å²) < 4.78 is 12.5. The van der Waals surface area contributed by atoms with E-state index in [-0.39, 0.29) is 11.2 Å². The van der Waals surface area contributed by atoms with Crippen LogP contribution in [0.2, 0.25) is 5.02 Å². The molecule has 0 radical (unpaired) electrons. The van der Waals surface area contributed by atoms with Crippen molar-refractivity contribution in [1.82, 2.24) is 20.1 Å². The van der Waals surface area contributed by atoms with Gasteiger partial charge in [-0.05, 0) is 48.9 Å². The normalized spacial score (nSPS) is 11.6. The highest BCUT2D eigenvalue weighted by Gasteiger charge is 2.20. The van der Waals surface area contributed by atoms with E-state index in [1.54, 1.807) is 32.4 Å². The zero-order valence-corrected chi connectivity index (χ0v) is 19.7. The van der Waals surface area contributed by atoms with Crippen LogP contribution in [0.5, 0.6) is 11.5 Å². The molecule has 7 nitrogen and oxygen atoms in total. The zero-order valence-electron chi connectivity index (χ0n) is 18.2. The first-order valence-corrected chi connectivity index (χ1v) is 11.2. The predicted octanol–water partition coefficient (Wildman–Crippen LogP) is 4.60. The lowest BCUT2D eigenvalue weighted by Crippen LogP contribution is -2.30. The lowest BCUT2D eigenvalue weighted by atomic mass is 10.2. The molecule has 32 heavy (non-hydrogen) atoms. The van der Waals surface area contributed by atoms with Gasteiger partial charge in [0.25, 0.3) is 0 Å². The highest BCUT2D eigenvalue weighted by molar-refractivity contribution is 8.00. The number of carbonyl (C=O) groups is 1. The second kappa shape index (κ2) is 11.1. The van der Waals surface area contributed by atoms with E-state index in [0.29, 0.717) is 40.6 Å². The van der Waals surface area contributed by atoms with Crippen molar-refractivity contribution < 1.29 is 14.3 Å². The number of rotatable bonds is 10. The van der Waals surface area contributed by atoms with E-state index in [4.69, 9.17) is 21.1 Å². The number of hydrogen-bond donors (Lipinski definition) is 1. The Labute approximate surface area is 196 Å². The van der Waals surface area contributed by atoms with Crippen LogP contribution in [0.25, 0.3) is 11.4 Å². The molecule has 0 saturated heterocycles. The van der Waals surface area contributed by atoms with E-state index in [1.807, 2.05) is 41.8 Å². The smallest absolute Gasteiger partial charge is 0.233 e. The maximum Gasteiger partial charge on any atom is 0.233 e. The summed E-state index contributed by atoms with van der Waals surface area (Å²) >= 11 is 7.34. The Morgan fingerprint density at radius 2 is 1.91 bits per heavy atom. The van der Waals surface area contributed by atoms with Crippen LogP contribution in [0, 0.1) is 0 Å². The zero-order chi connectivity index (χ0) is 23.1. The first-order valence-electron chi connectivity index (χ1n) is 9.92. The summed E-state index contributed by atoms with van der Waals surface area (Å²) in [6, 6.07) is 12.9. The topological polar surface area (TPSA) is 78.3 Å². The lowest BCUT2D eigenvalue weighted by Gasteiger charge is -2.14. The molecule has 3 rings (SSSR count). The van der Waals surface area contributed by atoms with Crippen LogP contribution in [0.1, 0.15) is 12.5 Å². The van der Waals surface area contributed by atoms with Gasteiger partial charge in [-0.25, -0.2) is 0 Å². The molecule has 168 valence electrons. The number of carbonyl (C=O) groups excluding carboxylic acids is 1. The van der Waals surface area contributed by atoms with Gasteiger partial charge >= 0.3 is 0 Å². The molecule has 0 saturated carbocycles. The summed E-state index contributed by atoms with van der Waals surface area (Å²) in [4.78, 5) is 12.7. The SMILES string of the molecule is C=CCn1c(SC(C)C(=O)NCc2ccc(OC)c(OC)c2)nnc1-c1ccc(Cl)cc1. The van der Waals surface area contributed by atoms with Crippen molar-refractivity contribution in [3.05, 3.63) is 65.7 Å². The van der Waals surface area contributed by atoms with Gasteiger partial charge in [0.2, 0.25) is 5.91 Å². The molecule has 0 bridgehead atoms. The number of nitrogens with one attached hydrogen (secondary N) is 1. The van der Waals surface area contributed by atoms with Gasteiger partial charge in [0.1, 0.15) is 0 Å². The lowest BCUT2D eigenvalue weighted by molar-refractivity contribution is -0.120. The van der Waals surface area contributed by atoms with Gasteiger partial charge in [0, 0.05) is 23.7 Å². The van der Waals surface area contributed by atoms with E-state index in [1.165, 1.54) is 11.8 Å². The summed E-state index contributed by atoms with van der Waals surface area (Å²) in [5.41, 5.74) is 1.80. The largest absolute Gasteiger partial charge is 0.493 e. The van der Waals surface area contributed by atoms with Crippen molar-refractivity contribution >= 4 is 29.3 Å². The van der Waals surface area contributed by atoms with Crippen molar-refractivity contribution in [2.24, 2.45) is 0 Å². The van der Waals surface area contributed by atoms with Crippen LogP contribution in [-0.2, 0) is 17.9 Å². The number of aromatic nitrogens is 3. The predicted molar refractivity (Wildman–Crippen MR) is 127 cm³/mol.